The largest absolute Gasteiger partial charge is 0.453 e. The standard InChI is InChI=1S/C17H10F6N2O3S/c1-7-4-8(2-3-10(7)18)14-13(16(28-25-14)17(21,22)23)9-5-11(19)15(12(20)6-9)29(24,26)27/h2-6H,1H3,(H2,24,26,27). The molecule has 0 saturated carbocycles. The van der Waals surface area contributed by atoms with E-state index < -0.39 is 61.1 Å². The molecule has 0 aliphatic rings. The average Bonchev–Trinajstić information content (AvgIpc) is 3.00. The maximum Gasteiger partial charge on any atom is 0.453 e. The van der Waals surface area contributed by atoms with Gasteiger partial charge in [0.25, 0.3) is 0 Å². The molecule has 2 aromatic carbocycles. The molecule has 0 aliphatic heterocycles. The molecule has 1 aromatic heterocycles. The van der Waals surface area contributed by atoms with Gasteiger partial charge < -0.3 is 4.52 Å². The third kappa shape index (κ3) is 3.85. The molecule has 0 radical (unpaired) electrons. The van der Waals surface area contributed by atoms with Crippen LogP contribution in [0.5, 0.6) is 0 Å². The molecule has 12 heteroatoms. The number of halogens is 6. The van der Waals surface area contributed by atoms with E-state index in [9.17, 15) is 34.8 Å². The number of nitrogens with zero attached hydrogens (tertiary/aromatic N) is 1. The highest BCUT2D eigenvalue weighted by Gasteiger charge is 2.41. The Balaban J connectivity index is 2.34. The highest BCUT2D eigenvalue weighted by molar-refractivity contribution is 7.89. The van der Waals surface area contributed by atoms with Crippen molar-refractivity contribution in [3.05, 3.63) is 59.1 Å². The molecule has 0 amide bonds. The molecule has 2 N–H and O–H groups in total. The van der Waals surface area contributed by atoms with Crippen molar-refractivity contribution >= 4 is 10.0 Å². The smallest absolute Gasteiger partial charge is 0.350 e. The number of aryl methyl sites for hydroxylation is 1. The zero-order chi connectivity index (χ0) is 21.7. The van der Waals surface area contributed by atoms with E-state index in [4.69, 9.17) is 5.14 Å². The van der Waals surface area contributed by atoms with Crippen LogP contribution in [-0.2, 0) is 16.2 Å². The fraction of sp³-hybridized carbons (Fsp3) is 0.118. The molecule has 0 unspecified atom stereocenters. The van der Waals surface area contributed by atoms with E-state index in [-0.39, 0.29) is 11.1 Å². The van der Waals surface area contributed by atoms with Gasteiger partial charge in [0.15, 0.2) is 4.90 Å². The van der Waals surface area contributed by atoms with Gasteiger partial charge in [-0.2, -0.15) is 13.2 Å². The molecule has 1 heterocycles. The minimum atomic E-state index is -5.10. The molecule has 0 fully saturated rings. The van der Waals surface area contributed by atoms with E-state index in [1.165, 1.54) is 13.0 Å². The van der Waals surface area contributed by atoms with Gasteiger partial charge in [-0.25, -0.2) is 26.7 Å². The number of rotatable bonds is 3. The Kier molecular flexibility index (Phi) is 4.95. The third-order valence-electron chi connectivity index (χ3n) is 3.95. The molecule has 0 saturated heterocycles. The highest BCUT2D eigenvalue weighted by atomic mass is 32.2. The fourth-order valence-corrected chi connectivity index (χ4v) is 3.38. The molecule has 0 bridgehead atoms. The van der Waals surface area contributed by atoms with E-state index in [1.807, 2.05) is 0 Å². The maximum absolute atomic E-state index is 14.2. The summed E-state index contributed by atoms with van der Waals surface area (Å²) in [5.41, 5.74) is -1.95. The average molecular weight is 436 g/mol. The second-order valence-corrected chi connectivity index (χ2v) is 7.51. The van der Waals surface area contributed by atoms with Crippen molar-refractivity contribution in [3.8, 4) is 22.4 Å². The molecule has 0 atom stereocenters. The number of nitrogens with two attached hydrogens (primary N) is 1. The zero-order valence-electron chi connectivity index (χ0n) is 14.3. The Labute approximate surface area is 159 Å². The number of hydrogen-bond acceptors (Lipinski definition) is 4. The van der Waals surface area contributed by atoms with E-state index in [1.54, 1.807) is 0 Å². The zero-order valence-corrected chi connectivity index (χ0v) is 15.1. The monoisotopic (exact) mass is 436 g/mol. The van der Waals surface area contributed by atoms with E-state index in [0.29, 0.717) is 12.1 Å². The molecule has 154 valence electrons. The Hall–Kier alpha value is -2.86. The minimum Gasteiger partial charge on any atom is -0.350 e. The van der Waals surface area contributed by atoms with Gasteiger partial charge >= 0.3 is 6.18 Å². The summed E-state index contributed by atoms with van der Waals surface area (Å²) in [5, 5.41) is 8.05. The summed E-state index contributed by atoms with van der Waals surface area (Å²) in [6.07, 6.45) is -5.10. The maximum atomic E-state index is 14.2. The van der Waals surface area contributed by atoms with Crippen LogP contribution < -0.4 is 5.14 Å². The van der Waals surface area contributed by atoms with Crippen LogP contribution in [0.4, 0.5) is 26.3 Å². The van der Waals surface area contributed by atoms with Gasteiger partial charge in [-0.1, -0.05) is 5.16 Å². The second kappa shape index (κ2) is 6.88. The van der Waals surface area contributed by atoms with E-state index in [0.717, 1.165) is 12.1 Å². The van der Waals surface area contributed by atoms with E-state index in [2.05, 4.69) is 9.68 Å². The molecule has 5 nitrogen and oxygen atoms in total. The van der Waals surface area contributed by atoms with Crippen LogP contribution in [0.25, 0.3) is 22.4 Å². The fourth-order valence-electron chi connectivity index (χ4n) is 2.72. The van der Waals surface area contributed by atoms with Crippen LogP contribution in [0.2, 0.25) is 0 Å². The van der Waals surface area contributed by atoms with Crippen molar-refractivity contribution in [2.24, 2.45) is 5.14 Å². The van der Waals surface area contributed by atoms with Gasteiger partial charge in [0.05, 0.1) is 5.56 Å². The molecule has 3 rings (SSSR count). The second-order valence-electron chi connectivity index (χ2n) is 6.01. The summed E-state index contributed by atoms with van der Waals surface area (Å²) in [6, 6.07) is 3.98. The first-order chi connectivity index (χ1) is 13.3. The first kappa shape index (κ1) is 20.9. The SMILES string of the molecule is Cc1cc(-c2noc(C(F)(F)F)c2-c2cc(F)c(S(N)(=O)=O)c(F)c2)ccc1F. The normalized spacial score (nSPS) is 12.4. The summed E-state index contributed by atoms with van der Waals surface area (Å²) >= 11 is 0. The van der Waals surface area contributed by atoms with Gasteiger partial charge in [-0.15, -0.1) is 0 Å². The van der Waals surface area contributed by atoms with Crippen molar-refractivity contribution in [3.63, 3.8) is 0 Å². The molecule has 0 spiro atoms. The number of aromatic nitrogens is 1. The predicted molar refractivity (Wildman–Crippen MR) is 88.4 cm³/mol. The van der Waals surface area contributed by atoms with Gasteiger partial charge in [-0.05, 0) is 48.4 Å². The Bertz CT molecular complexity index is 1200. The summed E-state index contributed by atoms with van der Waals surface area (Å²) < 4.78 is 109. The Morgan fingerprint density at radius 2 is 1.55 bits per heavy atom. The number of benzene rings is 2. The van der Waals surface area contributed by atoms with Gasteiger partial charge in [0.2, 0.25) is 15.8 Å². The minimum absolute atomic E-state index is 0.0190. The molecule has 29 heavy (non-hydrogen) atoms. The molecule has 0 aliphatic carbocycles. The summed E-state index contributed by atoms with van der Waals surface area (Å²) in [4.78, 5) is -1.49. The number of hydrogen-bond donors (Lipinski definition) is 1. The first-order valence-corrected chi connectivity index (χ1v) is 9.21. The van der Waals surface area contributed by atoms with Crippen LogP contribution in [0.3, 0.4) is 0 Å². The predicted octanol–water partition coefficient (Wildman–Crippen LogP) is 4.40. The van der Waals surface area contributed by atoms with Crippen LogP contribution in [-0.4, -0.2) is 13.6 Å². The van der Waals surface area contributed by atoms with Crippen LogP contribution >= 0.6 is 0 Å². The van der Waals surface area contributed by atoms with Crippen molar-refractivity contribution in [2.75, 3.05) is 0 Å². The summed E-state index contributed by atoms with van der Waals surface area (Å²) in [5.74, 6) is -5.70. The van der Waals surface area contributed by atoms with Gasteiger partial charge in [0, 0.05) is 5.56 Å². The summed E-state index contributed by atoms with van der Waals surface area (Å²) in [6.45, 7) is 1.35. The lowest BCUT2D eigenvalue weighted by Crippen LogP contribution is -2.16. The Morgan fingerprint density at radius 3 is 2.03 bits per heavy atom. The lowest BCUT2D eigenvalue weighted by Gasteiger charge is -2.10. The summed E-state index contributed by atoms with van der Waals surface area (Å²) in [7, 11) is -4.81. The topological polar surface area (TPSA) is 86.2 Å². The van der Waals surface area contributed by atoms with Crippen molar-refractivity contribution in [2.45, 2.75) is 18.0 Å². The van der Waals surface area contributed by atoms with Crippen LogP contribution in [0.15, 0.2) is 39.8 Å². The van der Waals surface area contributed by atoms with Gasteiger partial charge in [-0.3, -0.25) is 0 Å². The quantitative estimate of drug-likeness (QED) is 0.617. The third-order valence-corrected chi connectivity index (χ3v) is 4.91. The number of sulfonamides is 1. The lowest BCUT2D eigenvalue weighted by atomic mass is 9.97. The number of primary sulfonamides is 1. The lowest BCUT2D eigenvalue weighted by molar-refractivity contribution is -0.154. The number of alkyl halides is 3. The Morgan fingerprint density at radius 1 is 0.966 bits per heavy atom. The molecule has 3 aromatic rings. The van der Waals surface area contributed by atoms with Gasteiger partial charge in [0.1, 0.15) is 23.1 Å². The van der Waals surface area contributed by atoms with E-state index >= 15 is 0 Å². The van der Waals surface area contributed by atoms with Crippen LogP contribution in [0.1, 0.15) is 11.3 Å². The van der Waals surface area contributed by atoms with Crippen LogP contribution in [0, 0.1) is 24.4 Å². The van der Waals surface area contributed by atoms with Crippen molar-refractivity contribution in [1.82, 2.24) is 5.16 Å². The van der Waals surface area contributed by atoms with Crippen molar-refractivity contribution < 1.29 is 39.3 Å². The van der Waals surface area contributed by atoms with Crippen molar-refractivity contribution in [1.29, 1.82) is 0 Å². The molecular weight excluding hydrogens is 426 g/mol. The first-order valence-electron chi connectivity index (χ1n) is 7.66. The highest BCUT2D eigenvalue weighted by Crippen LogP contribution is 2.43. The molecular formula is C17H10F6N2O3S.